The van der Waals surface area contributed by atoms with Crippen molar-refractivity contribution in [2.24, 2.45) is 0 Å². The van der Waals surface area contributed by atoms with E-state index < -0.39 is 0 Å². The van der Waals surface area contributed by atoms with E-state index in [1.165, 1.54) is 69.7 Å². The van der Waals surface area contributed by atoms with Crippen LogP contribution in [0, 0.1) is 12.3 Å². The molecule has 0 amide bonds. The first-order valence-corrected chi connectivity index (χ1v) is 20.6. The van der Waals surface area contributed by atoms with Crippen molar-refractivity contribution in [2.45, 2.75) is 17.2 Å². The van der Waals surface area contributed by atoms with Gasteiger partial charge in [-0.3, -0.25) is 0 Å². The monoisotopic (exact) mass is 757 g/mol. The molecule has 0 spiro atoms. The summed E-state index contributed by atoms with van der Waals surface area (Å²) < 4.78 is 4.88. The van der Waals surface area contributed by atoms with Crippen molar-refractivity contribution in [1.82, 2.24) is 9.13 Å². The smallest absolute Gasteiger partial charge is 0.0568 e. The van der Waals surface area contributed by atoms with Gasteiger partial charge in [0.05, 0.1) is 27.8 Å². The number of fused-ring (bicyclic) bond motifs is 11. The first-order chi connectivity index (χ1) is 28.7. The number of hydrogen-bond acceptors (Lipinski definition) is 2. The number of nitrogens with zero attached hydrogens (tertiary/aromatic N) is 3. The quantitative estimate of drug-likeness (QED) is 0.162. The second kappa shape index (κ2) is 12.9. The normalized spacial score (nSPS) is 14.8. The Labute approximate surface area is 340 Å². The van der Waals surface area contributed by atoms with E-state index in [0.717, 1.165) is 40.4 Å². The molecule has 1 aliphatic heterocycles. The van der Waals surface area contributed by atoms with Gasteiger partial charge in [-0.25, -0.2) is 0 Å². The summed E-state index contributed by atoms with van der Waals surface area (Å²) in [4.78, 5) is 5.14. The van der Waals surface area contributed by atoms with Crippen LogP contribution in [-0.2, 0) is 0 Å². The Balaban J connectivity index is 1.16. The van der Waals surface area contributed by atoms with Crippen LogP contribution in [0.1, 0.15) is 17.9 Å². The molecule has 2 aromatic heterocycles. The second-order valence-electron chi connectivity index (χ2n) is 15.2. The van der Waals surface area contributed by atoms with Crippen LogP contribution in [-0.4, -0.2) is 9.13 Å². The predicted octanol–water partition coefficient (Wildman–Crippen LogP) is 14.5. The predicted molar refractivity (Wildman–Crippen MR) is 246 cm³/mol. The minimum absolute atomic E-state index is 0.288. The van der Waals surface area contributed by atoms with Gasteiger partial charge in [-0.2, -0.15) is 0 Å². The summed E-state index contributed by atoms with van der Waals surface area (Å²) in [6, 6.07) is 64.3. The summed E-state index contributed by atoms with van der Waals surface area (Å²) in [5.41, 5.74) is 12.8. The van der Waals surface area contributed by atoms with E-state index in [1.54, 1.807) is 0 Å². The Hall–Kier alpha value is -7.19. The number of anilines is 3. The lowest BCUT2D eigenvalue weighted by atomic mass is 9.87. The van der Waals surface area contributed by atoms with E-state index in [9.17, 15) is 0 Å². The lowest BCUT2D eigenvalue weighted by Gasteiger charge is -2.27. The molecule has 0 bridgehead atoms. The van der Waals surface area contributed by atoms with Gasteiger partial charge in [0, 0.05) is 66.1 Å². The molecule has 1 aliphatic carbocycles. The number of terminal acetylenes is 1. The molecule has 58 heavy (non-hydrogen) atoms. The van der Waals surface area contributed by atoms with Crippen molar-refractivity contribution in [1.29, 1.82) is 0 Å². The van der Waals surface area contributed by atoms with Gasteiger partial charge in [-0.1, -0.05) is 127 Å². The van der Waals surface area contributed by atoms with Crippen molar-refractivity contribution >= 4 is 83.2 Å². The molecule has 0 fully saturated rings. The third-order valence-corrected chi connectivity index (χ3v) is 13.3. The van der Waals surface area contributed by atoms with Crippen LogP contribution >= 0.6 is 11.8 Å². The Morgan fingerprint density at radius 3 is 1.88 bits per heavy atom. The fraction of sp³-hybridized carbons (Fsp3) is 0.0370. The molecule has 272 valence electrons. The minimum Gasteiger partial charge on any atom is -0.310 e. The summed E-state index contributed by atoms with van der Waals surface area (Å²) >= 11 is 1.89. The fourth-order valence-corrected chi connectivity index (χ4v) is 10.8. The van der Waals surface area contributed by atoms with Crippen LogP contribution in [0.2, 0.25) is 0 Å². The number of benzene rings is 8. The highest BCUT2D eigenvalue weighted by Gasteiger charge is 2.32. The molecule has 1 atom stereocenters. The van der Waals surface area contributed by atoms with Gasteiger partial charge in [0.1, 0.15) is 0 Å². The molecule has 0 radical (unpaired) electrons. The highest BCUT2D eigenvalue weighted by molar-refractivity contribution is 8.03. The zero-order valence-electron chi connectivity index (χ0n) is 31.5. The topological polar surface area (TPSA) is 13.1 Å². The summed E-state index contributed by atoms with van der Waals surface area (Å²) in [5.74, 6) is 3.22. The van der Waals surface area contributed by atoms with Gasteiger partial charge in [0.2, 0.25) is 0 Å². The molecule has 0 saturated carbocycles. The molecule has 8 aromatic carbocycles. The molecular formula is C54H35N3S. The number of thioether (sulfide) groups is 1. The maximum Gasteiger partial charge on any atom is 0.0568 e. The van der Waals surface area contributed by atoms with Gasteiger partial charge in [-0.15, -0.1) is 6.42 Å². The second-order valence-corrected chi connectivity index (χ2v) is 16.4. The summed E-state index contributed by atoms with van der Waals surface area (Å²) in [6.45, 7) is 0. The summed E-state index contributed by atoms with van der Waals surface area (Å²) in [5, 5.41) is 7.42. The Kier molecular flexibility index (Phi) is 7.35. The molecule has 3 heterocycles. The summed E-state index contributed by atoms with van der Waals surface area (Å²) in [7, 11) is 0. The molecular weight excluding hydrogens is 723 g/mol. The number of rotatable bonds is 5. The van der Waals surface area contributed by atoms with Crippen LogP contribution in [0.4, 0.5) is 17.1 Å². The SMILES string of the molecule is C#CC1=CC=C2Sc3cc4c(cc3C2C1)c1c2ccccc2c(N(c2ccccc2)c2ccc3c5ccccc5n(-c5ccccc5)c3c2)cc1n4-c1ccccc1. The van der Waals surface area contributed by atoms with Gasteiger partial charge >= 0.3 is 0 Å². The standard InChI is InChI=1S/C54H35N3S/c1-2-35-26-29-52-44(30-35)45-32-46-50(34-53(45)58-52)57(38-20-10-5-11-21-38)51-33-49(41-23-12-13-24-43(41)54(46)51)55(36-16-6-3-7-17-36)39-27-28-42-40-22-14-15-25-47(40)56(48(42)31-39)37-18-8-4-9-19-37/h1,3-29,31-34,44H,30H2. The molecule has 0 N–H and O–H groups in total. The zero-order chi connectivity index (χ0) is 38.3. The van der Waals surface area contributed by atoms with E-state index in [4.69, 9.17) is 6.42 Å². The van der Waals surface area contributed by atoms with E-state index >= 15 is 0 Å². The molecule has 3 nitrogen and oxygen atoms in total. The molecule has 10 aromatic rings. The Morgan fingerprint density at radius 1 is 0.517 bits per heavy atom. The number of para-hydroxylation sites is 4. The van der Waals surface area contributed by atoms with Gasteiger partial charge in [0.15, 0.2) is 0 Å². The van der Waals surface area contributed by atoms with Crippen molar-refractivity contribution in [3.05, 3.63) is 204 Å². The molecule has 0 saturated heterocycles. The lowest BCUT2D eigenvalue weighted by molar-refractivity contribution is 0.820. The van der Waals surface area contributed by atoms with Crippen LogP contribution in [0.15, 0.2) is 203 Å². The molecule has 2 aliphatic rings. The Morgan fingerprint density at radius 2 is 1.14 bits per heavy atom. The molecule has 1 unspecified atom stereocenters. The van der Waals surface area contributed by atoms with E-state index in [-0.39, 0.29) is 5.92 Å². The fourth-order valence-electron chi connectivity index (χ4n) is 9.55. The highest BCUT2D eigenvalue weighted by Crippen LogP contribution is 2.55. The van der Waals surface area contributed by atoms with E-state index in [0.29, 0.717) is 0 Å². The molecule has 12 rings (SSSR count). The van der Waals surface area contributed by atoms with Crippen LogP contribution in [0.3, 0.4) is 0 Å². The van der Waals surface area contributed by atoms with E-state index in [2.05, 4.69) is 208 Å². The zero-order valence-corrected chi connectivity index (χ0v) is 32.3. The maximum absolute atomic E-state index is 5.94. The van der Waals surface area contributed by atoms with Crippen molar-refractivity contribution in [2.75, 3.05) is 4.90 Å². The molecule has 4 heteroatoms. The third kappa shape index (κ3) is 4.91. The van der Waals surface area contributed by atoms with Gasteiger partial charge in [0.25, 0.3) is 0 Å². The van der Waals surface area contributed by atoms with Gasteiger partial charge < -0.3 is 14.0 Å². The van der Waals surface area contributed by atoms with Crippen LogP contribution in [0.5, 0.6) is 0 Å². The lowest BCUT2D eigenvalue weighted by Crippen LogP contribution is -2.11. The maximum atomic E-state index is 5.94. The highest BCUT2D eigenvalue weighted by atomic mass is 32.2. The van der Waals surface area contributed by atoms with Crippen molar-refractivity contribution in [3.8, 4) is 23.7 Å². The van der Waals surface area contributed by atoms with Gasteiger partial charge in [-0.05, 0) is 101 Å². The average molecular weight is 758 g/mol. The van der Waals surface area contributed by atoms with Crippen molar-refractivity contribution in [3.63, 3.8) is 0 Å². The number of hydrogen-bond donors (Lipinski definition) is 0. The van der Waals surface area contributed by atoms with Crippen molar-refractivity contribution < 1.29 is 0 Å². The number of allylic oxidation sites excluding steroid dienone is 4. The number of aromatic nitrogens is 2. The van der Waals surface area contributed by atoms with E-state index in [1.807, 2.05) is 11.8 Å². The van der Waals surface area contributed by atoms with Crippen LogP contribution < -0.4 is 4.90 Å². The van der Waals surface area contributed by atoms with Crippen LogP contribution in [0.25, 0.3) is 65.8 Å². The Bertz CT molecular complexity index is 3400. The first-order valence-electron chi connectivity index (χ1n) is 19.8. The first kappa shape index (κ1) is 33.0. The average Bonchev–Trinajstić information content (AvgIpc) is 3.93. The minimum atomic E-state index is 0.288. The summed E-state index contributed by atoms with van der Waals surface area (Å²) in [6.07, 6.45) is 11.2. The largest absolute Gasteiger partial charge is 0.310 e. The third-order valence-electron chi connectivity index (χ3n) is 12.1.